The molecule has 2 rings (SSSR count). The van der Waals surface area contributed by atoms with E-state index in [9.17, 15) is 0 Å². The molecule has 0 bridgehead atoms. The van der Waals surface area contributed by atoms with Gasteiger partial charge in [-0.3, -0.25) is 4.98 Å². The molecular formula is C13H14ClN3. The van der Waals surface area contributed by atoms with Crippen LogP contribution in [-0.2, 0) is 12.8 Å². The number of nitrogens with zero attached hydrogens (tertiary/aromatic N) is 3. The molecule has 0 aliphatic carbocycles. The van der Waals surface area contributed by atoms with Gasteiger partial charge in [0.1, 0.15) is 11.0 Å². The van der Waals surface area contributed by atoms with E-state index in [0.29, 0.717) is 11.6 Å². The Balaban J connectivity index is 2.21. The molecule has 0 fully saturated rings. The van der Waals surface area contributed by atoms with Crippen molar-refractivity contribution < 1.29 is 0 Å². The molecule has 2 heterocycles. The maximum absolute atomic E-state index is 5.99. The maximum atomic E-state index is 5.99. The topological polar surface area (TPSA) is 38.7 Å². The van der Waals surface area contributed by atoms with Gasteiger partial charge in [-0.05, 0) is 30.2 Å². The van der Waals surface area contributed by atoms with Crippen LogP contribution in [0.2, 0.25) is 5.15 Å². The summed E-state index contributed by atoms with van der Waals surface area (Å²) in [6.07, 6.45) is 6.23. The minimum absolute atomic E-state index is 0.521. The fourth-order valence-electron chi connectivity index (χ4n) is 1.66. The molecule has 2 aromatic rings. The number of hydrogen-bond donors (Lipinski definition) is 0. The van der Waals surface area contributed by atoms with Crippen molar-refractivity contribution in [3.8, 4) is 0 Å². The summed E-state index contributed by atoms with van der Waals surface area (Å²) >= 11 is 5.99. The summed E-state index contributed by atoms with van der Waals surface area (Å²) in [5.74, 6) is 0.771. The number of aryl methyl sites for hydroxylation is 1. The summed E-state index contributed by atoms with van der Waals surface area (Å²) < 4.78 is 0. The van der Waals surface area contributed by atoms with Crippen molar-refractivity contribution in [1.29, 1.82) is 0 Å². The molecule has 0 N–H and O–H groups in total. The van der Waals surface area contributed by atoms with E-state index in [-0.39, 0.29) is 0 Å². The molecule has 2 aromatic heterocycles. The van der Waals surface area contributed by atoms with E-state index < -0.39 is 0 Å². The maximum Gasteiger partial charge on any atom is 0.134 e. The molecule has 0 spiro atoms. The summed E-state index contributed by atoms with van der Waals surface area (Å²) in [5, 5.41) is 0.521. The van der Waals surface area contributed by atoms with Crippen LogP contribution >= 0.6 is 11.6 Å². The van der Waals surface area contributed by atoms with Crippen LogP contribution in [-0.4, -0.2) is 15.0 Å². The molecule has 0 amide bonds. The normalized spacial score (nSPS) is 10.5. The second-order valence-corrected chi connectivity index (χ2v) is 4.27. The molecule has 0 aromatic carbocycles. The highest BCUT2D eigenvalue weighted by atomic mass is 35.5. The van der Waals surface area contributed by atoms with Gasteiger partial charge in [0.2, 0.25) is 0 Å². The van der Waals surface area contributed by atoms with Crippen LogP contribution in [0.3, 0.4) is 0 Å². The first kappa shape index (κ1) is 12.0. The van der Waals surface area contributed by atoms with Crippen molar-refractivity contribution in [2.75, 3.05) is 0 Å². The van der Waals surface area contributed by atoms with Gasteiger partial charge >= 0.3 is 0 Å². The molecule has 0 aliphatic rings. The lowest BCUT2D eigenvalue weighted by atomic mass is 10.2. The lowest BCUT2D eigenvalue weighted by Gasteiger charge is -2.04. The molecule has 0 radical (unpaired) electrons. The van der Waals surface area contributed by atoms with Crippen LogP contribution in [0.15, 0.2) is 30.6 Å². The standard InChI is InChI=1S/C13H14ClN3/c1-2-3-11-9-12(14)17-13(16-11)8-10-4-6-15-7-5-10/h4-7,9H,2-3,8H2,1H3. The zero-order valence-corrected chi connectivity index (χ0v) is 10.5. The lowest BCUT2D eigenvalue weighted by Crippen LogP contribution is -2.01. The summed E-state index contributed by atoms with van der Waals surface area (Å²) in [6.45, 7) is 2.12. The molecule has 4 heteroatoms. The highest BCUT2D eigenvalue weighted by molar-refractivity contribution is 6.29. The van der Waals surface area contributed by atoms with Gasteiger partial charge in [0.05, 0.1) is 0 Å². The van der Waals surface area contributed by atoms with Crippen molar-refractivity contribution in [1.82, 2.24) is 15.0 Å². The SMILES string of the molecule is CCCc1cc(Cl)nc(Cc2ccncc2)n1. The summed E-state index contributed by atoms with van der Waals surface area (Å²) in [6, 6.07) is 5.76. The zero-order valence-electron chi connectivity index (χ0n) is 9.73. The monoisotopic (exact) mass is 247 g/mol. The van der Waals surface area contributed by atoms with Gasteiger partial charge in [0.25, 0.3) is 0 Å². The van der Waals surface area contributed by atoms with Crippen molar-refractivity contribution in [3.63, 3.8) is 0 Å². The third-order valence-electron chi connectivity index (χ3n) is 2.41. The quantitative estimate of drug-likeness (QED) is 0.780. The Kier molecular flexibility index (Phi) is 4.04. The van der Waals surface area contributed by atoms with Crippen LogP contribution in [0.5, 0.6) is 0 Å². The summed E-state index contributed by atoms with van der Waals surface area (Å²) in [5.41, 5.74) is 2.15. The molecule has 0 saturated heterocycles. The lowest BCUT2D eigenvalue weighted by molar-refractivity contribution is 0.841. The van der Waals surface area contributed by atoms with E-state index in [4.69, 9.17) is 11.6 Å². The smallest absolute Gasteiger partial charge is 0.134 e. The van der Waals surface area contributed by atoms with Gasteiger partial charge in [-0.15, -0.1) is 0 Å². The summed E-state index contributed by atoms with van der Waals surface area (Å²) in [4.78, 5) is 12.7. The number of hydrogen-bond acceptors (Lipinski definition) is 3. The van der Waals surface area contributed by atoms with E-state index in [2.05, 4.69) is 21.9 Å². The predicted octanol–water partition coefficient (Wildman–Crippen LogP) is 3.07. The Morgan fingerprint density at radius 1 is 1.18 bits per heavy atom. The van der Waals surface area contributed by atoms with E-state index in [1.165, 1.54) is 0 Å². The average Bonchev–Trinajstić information content (AvgIpc) is 2.30. The van der Waals surface area contributed by atoms with Crippen molar-refractivity contribution in [3.05, 3.63) is 52.8 Å². The Labute approximate surface area is 106 Å². The van der Waals surface area contributed by atoms with Crippen LogP contribution in [0.1, 0.15) is 30.4 Å². The molecule has 0 aliphatic heterocycles. The fraction of sp³-hybridized carbons (Fsp3) is 0.308. The van der Waals surface area contributed by atoms with Gasteiger partial charge in [0.15, 0.2) is 0 Å². The minimum atomic E-state index is 0.521. The average molecular weight is 248 g/mol. The van der Waals surface area contributed by atoms with Gasteiger partial charge in [0, 0.05) is 24.5 Å². The van der Waals surface area contributed by atoms with E-state index in [1.807, 2.05) is 18.2 Å². The molecule has 3 nitrogen and oxygen atoms in total. The van der Waals surface area contributed by atoms with Gasteiger partial charge in [-0.25, -0.2) is 9.97 Å². The largest absolute Gasteiger partial charge is 0.265 e. The number of pyridine rings is 1. The molecule has 0 atom stereocenters. The van der Waals surface area contributed by atoms with E-state index >= 15 is 0 Å². The Hall–Kier alpha value is -1.48. The number of rotatable bonds is 4. The Morgan fingerprint density at radius 3 is 2.65 bits per heavy atom. The van der Waals surface area contributed by atoms with Gasteiger partial charge < -0.3 is 0 Å². The van der Waals surface area contributed by atoms with Crippen molar-refractivity contribution >= 4 is 11.6 Å². The number of halogens is 1. The molecule has 0 unspecified atom stereocenters. The number of aromatic nitrogens is 3. The molecular weight excluding hydrogens is 234 g/mol. The zero-order chi connectivity index (χ0) is 12.1. The predicted molar refractivity (Wildman–Crippen MR) is 68.1 cm³/mol. The van der Waals surface area contributed by atoms with E-state index in [1.54, 1.807) is 12.4 Å². The van der Waals surface area contributed by atoms with Crippen LogP contribution in [0.4, 0.5) is 0 Å². The van der Waals surface area contributed by atoms with E-state index in [0.717, 1.165) is 29.9 Å². The van der Waals surface area contributed by atoms with Crippen LogP contribution in [0.25, 0.3) is 0 Å². The summed E-state index contributed by atoms with van der Waals surface area (Å²) in [7, 11) is 0. The Bertz CT molecular complexity index is 485. The third kappa shape index (κ3) is 3.49. The minimum Gasteiger partial charge on any atom is -0.265 e. The van der Waals surface area contributed by atoms with Crippen LogP contribution < -0.4 is 0 Å². The Morgan fingerprint density at radius 2 is 1.94 bits per heavy atom. The van der Waals surface area contributed by atoms with Crippen molar-refractivity contribution in [2.45, 2.75) is 26.2 Å². The molecule has 0 saturated carbocycles. The first-order valence-electron chi connectivity index (χ1n) is 5.69. The third-order valence-corrected chi connectivity index (χ3v) is 2.61. The molecule has 88 valence electrons. The molecule has 17 heavy (non-hydrogen) atoms. The van der Waals surface area contributed by atoms with Crippen LogP contribution in [0, 0.1) is 0 Å². The van der Waals surface area contributed by atoms with Gasteiger partial charge in [-0.2, -0.15) is 0 Å². The first-order valence-corrected chi connectivity index (χ1v) is 6.07. The second-order valence-electron chi connectivity index (χ2n) is 3.88. The van der Waals surface area contributed by atoms with Gasteiger partial charge in [-0.1, -0.05) is 24.9 Å². The second kappa shape index (κ2) is 5.73. The highest BCUT2D eigenvalue weighted by Gasteiger charge is 2.04. The van der Waals surface area contributed by atoms with Crippen molar-refractivity contribution in [2.24, 2.45) is 0 Å². The first-order chi connectivity index (χ1) is 8.28. The highest BCUT2D eigenvalue weighted by Crippen LogP contribution is 2.11. The fourth-order valence-corrected chi connectivity index (χ4v) is 1.89.